The number of benzene rings is 2. The number of hydrogen-bond acceptors (Lipinski definition) is 2. The summed E-state index contributed by atoms with van der Waals surface area (Å²) in [5.74, 6) is 0.714. The Kier molecular flexibility index (Phi) is 3.31. The largest absolute Gasteiger partial charge is 0.439 e. The van der Waals surface area contributed by atoms with E-state index in [9.17, 15) is 4.79 Å². The van der Waals surface area contributed by atoms with Crippen molar-refractivity contribution in [3.05, 3.63) is 94.8 Å². The Morgan fingerprint density at radius 2 is 1.57 bits per heavy atom. The van der Waals surface area contributed by atoms with Gasteiger partial charge in [0.2, 0.25) is 5.71 Å². The normalized spacial score (nSPS) is 11.0. The van der Waals surface area contributed by atoms with Crippen molar-refractivity contribution in [2.24, 2.45) is 0 Å². The lowest BCUT2D eigenvalue weighted by atomic mass is 10.1. The van der Waals surface area contributed by atoms with Gasteiger partial charge in [0.15, 0.2) is 5.43 Å². The fraction of sp³-hybridized carbons (Fsp3) is 0.0500. The second-order valence-electron chi connectivity index (χ2n) is 5.49. The third-order valence-electron chi connectivity index (χ3n) is 3.90. The second-order valence-corrected chi connectivity index (χ2v) is 5.49. The minimum Gasteiger partial charge on any atom is -0.439 e. The summed E-state index contributed by atoms with van der Waals surface area (Å²) >= 11 is 0. The third-order valence-corrected chi connectivity index (χ3v) is 3.90. The maximum absolute atomic E-state index is 12.2. The van der Waals surface area contributed by atoms with E-state index in [1.54, 1.807) is 12.3 Å². The number of aromatic nitrogens is 1. The summed E-state index contributed by atoms with van der Waals surface area (Å²) in [5.41, 5.74) is 2.72. The third kappa shape index (κ3) is 2.57. The molecule has 112 valence electrons. The summed E-state index contributed by atoms with van der Waals surface area (Å²) in [6.07, 6.45) is 1.79. The monoisotopic (exact) mass is 301 g/mol. The zero-order valence-corrected chi connectivity index (χ0v) is 12.5. The average Bonchev–Trinajstić information content (AvgIpc) is 3.06. The smallest absolute Gasteiger partial charge is 0.211 e. The van der Waals surface area contributed by atoms with Gasteiger partial charge in [0, 0.05) is 17.8 Å². The first-order valence-corrected chi connectivity index (χ1v) is 7.53. The van der Waals surface area contributed by atoms with Crippen molar-refractivity contribution in [1.82, 2.24) is 4.57 Å². The lowest BCUT2D eigenvalue weighted by Gasteiger charge is -2.07. The maximum atomic E-state index is 12.2. The predicted molar refractivity (Wildman–Crippen MR) is 91.5 cm³/mol. The van der Waals surface area contributed by atoms with Crippen LogP contribution in [0.4, 0.5) is 0 Å². The summed E-state index contributed by atoms with van der Waals surface area (Å²) in [6, 6.07) is 23.4. The van der Waals surface area contributed by atoms with Gasteiger partial charge in [-0.2, -0.15) is 0 Å². The van der Waals surface area contributed by atoms with Gasteiger partial charge in [-0.15, -0.1) is 0 Å². The van der Waals surface area contributed by atoms with Crippen LogP contribution in [0.2, 0.25) is 0 Å². The number of furan rings is 1. The SMILES string of the molecule is O=c1ccn(Cc2ccccc2)c2oc(-c3ccccc3)cc12. The molecule has 0 saturated heterocycles. The van der Waals surface area contributed by atoms with E-state index in [-0.39, 0.29) is 5.43 Å². The van der Waals surface area contributed by atoms with Crippen molar-refractivity contribution < 1.29 is 4.42 Å². The Morgan fingerprint density at radius 3 is 2.30 bits per heavy atom. The van der Waals surface area contributed by atoms with Crippen LogP contribution in [0.1, 0.15) is 5.56 Å². The highest BCUT2D eigenvalue weighted by molar-refractivity contribution is 5.80. The van der Waals surface area contributed by atoms with Crippen LogP contribution in [-0.2, 0) is 6.54 Å². The van der Waals surface area contributed by atoms with E-state index in [2.05, 4.69) is 12.1 Å². The van der Waals surface area contributed by atoms with Gasteiger partial charge in [-0.05, 0) is 11.6 Å². The summed E-state index contributed by atoms with van der Waals surface area (Å²) in [5, 5.41) is 0.613. The van der Waals surface area contributed by atoms with Gasteiger partial charge in [-0.1, -0.05) is 60.7 Å². The van der Waals surface area contributed by atoms with E-state index >= 15 is 0 Å². The number of hydrogen-bond donors (Lipinski definition) is 0. The van der Waals surface area contributed by atoms with Crippen molar-refractivity contribution in [3.8, 4) is 11.3 Å². The number of pyridine rings is 1. The van der Waals surface area contributed by atoms with Crippen LogP contribution in [-0.4, -0.2) is 4.57 Å². The molecule has 0 aliphatic rings. The van der Waals surface area contributed by atoms with Gasteiger partial charge >= 0.3 is 0 Å². The van der Waals surface area contributed by atoms with Crippen molar-refractivity contribution in [2.45, 2.75) is 6.54 Å². The predicted octanol–water partition coefficient (Wildman–Crippen LogP) is 4.31. The van der Waals surface area contributed by atoms with E-state index in [4.69, 9.17) is 4.42 Å². The molecular weight excluding hydrogens is 286 g/mol. The highest BCUT2D eigenvalue weighted by Crippen LogP contribution is 2.26. The fourth-order valence-electron chi connectivity index (χ4n) is 2.74. The molecule has 4 aromatic rings. The Bertz CT molecular complexity index is 998. The van der Waals surface area contributed by atoms with Crippen LogP contribution >= 0.6 is 0 Å². The molecule has 2 aromatic carbocycles. The highest BCUT2D eigenvalue weighted by Gasteiger charge is 2.11. The van der Waals surface area contributed by atoms with Gasteiger partial charge in [-0.25, -0.2) is 0 Å². The number of nitrogens with zero attached hydrogens (tertiary/aromatic N) is 1. The van der Waals surface area contributed by atoms with Gasteiger partial charge in [0.05, 0.1) is 11.9 Å². The van der Waals surface area contributed by atoms with Gasteiger partial charge in [0.1, 0.15) is 5.76 Å². The first kappa shape index (κ1) is 13.6. The lowest BCUT2D eigenvalue weighted by molar-refractivity contribution is 0.585. The molecule has 0 N–H and O–H groups in total. The van der Waals surface area contributed by atoms with Crippen molar-refractivity contribution in [3.63, 3.8) is 0 Å². The zero-order valence-electron chi connectivity index (χ0n) is 12.5. The summed E-state index contributed by atoms with van der Waals surface area (Å²) in [7, 11) is 0. The number of rotatable bonds is 3. The van der Waals surface area contributed by atoms with Crippen LogP contribution in [0.3, 0.4) is 0 Å². The molecule has 2 heterocycles. The van der Waals surface area contributed by atoms with Crippen molar-refractivity contribution in [1.29, 1.82) is 0 Å². The van der Waals surface area contributed by atoms with Crippen LogP contribution in [0.15, 0.2) is 88.2 Å². The average molecular weight is 301 g/mol. The molecule has 0 amide bonds. The Hall–Kier alpha value is -3.07. The van der Waals surface area contributed by atoms with Crippen LogP contribution < -0.4 is 5.43 Å². The maximum Gasteiger partial charge on any atom is 0.211 e. The topological polar surface area (TPSA) is 35.1 Å². The molecule has 0 fully saturated rings. The molecular formula is C20H15NO2. The van der Waals surface area contributed by atoms with E-state index in [0.717, 1.165) is 11.1 Å². The van der Waals surface area contributed by atoms with Crippen LogP contribution in [0.5, 0.6) is 0 Å². The summed E-state index contributed by atoms with van der Waals surface area (Å²) in [4.78, 5) is 12.2. The summed E-state index contributed by atoms with van der Waals surface area (Å²) < 4.78 is 7.97. The van der Waals surface area contributed by atoms with E-state index in [0.29, 0.717) is 23.4 Å². The molecule has 0 atom stereocenters. The Balaban J connectivity index is 1.85. The van der Waals surface area contributed by atoms with Crippen molar-refractivity contribution >= 4 is 11.1 Å². The molecule has 0 spiro atoms. The second kappa shape index (κ2) is 5.61. The van der Waals surface area contributed by atoms with E-state index < -0.39 is 0 Å². The molecule has 23 heavy (non-hydrogen) atoms. The molecule has 3 heteroatoms. The molecule has 0 unspecified atom stereocenters. The molecule has 4 rings (SSSR count). The van der Waals surface area contributed by atoms with E-state index in [1.165, 1.54) is 0 Å². The molecule has 0 bridgehead atoms. The molecule has 0 aliphatic heterocycles. The Morgan fingerprint density at radius 1 is 0.870 bits per heavy atom. The first-order valence-electron chi connectivity index (χ1n) is 7.53. The quantitative estimate of drug-likeness (QED) is 0.565. The van der Waals surface area contributed by atoms with Crippen molar-refractivity contribution in [2.75, 3.05) is 0 Å². The lowest BCUT2D eigenvalue weighted by Crippen LogP contribution is -2.07. The summed E-state index contributed by atoms with van der Waals surface area (Å²) in [6.45, 7) is 0.666. The van der Waals surface area contributed by atoms with Crippen LogP contribution in [0, 0.1) is 0 Å². The molecule has 2 aromatic heterocycles. The van der Waals surface area contributed by atoms with Gasteiger partial charge < -0.3 is 8.98 Å². The Labute approximate surface area is 133 Å². The minimum atomic E-state index is -0.0183. The van der Waals surface area contributed by atoms with Gasteiger partial charge in [0.25, 0.3) is 0 Å². The number of fused-ring (bicyclic) bond motifs is 1. The first-order chi connectivity index (χ1) is 11.3. The fourth-order valence-corrected chi connectivity index (χ4v) is 2.74. The molecule has 0 saturated carbocycles. The van der Waals surface area contributed by atoms with Crippen LogP contribution in [0.25, 0.3) is 22.4 Å². The molecule has 0 radical (unpaired) electrons. The molecule has 3 nitrogen and oxygen atoms in total. The molecule has 0 aliphatic carbocycles. The zero-order chi connectivity index (χ0) is 15.6. The standard InChI is InChI=1S/C20H15NO2/c22-18-11-12-21(14-15-7-3-1-4-8-15)20-17(18)13-19(23-20)16-9-5-2-6-10-16/h1-13H,14H2. The van der Waals surface area contributed by atoms with Gasteiger partial charge in [-0.3, -0.25) is 4.79 Å². The highest BCUT2D eigenvalue weighted by atomic mass is 16.3. The van der Waals surface area contributed by atoms with E-state index in [1.807, 2.05) is 59.2 Å². The minimum absolute atomic E-state index is 0.0183.